The Kier molecular flexibility index (Phi) is 9.00. The molecule has 0 atom stereocenters. The van der Waals surface area contributed by atoms with Crippen LogP contribution in [0.25, 0.3) is 10.8 Å². The van der Waals surface area contributed by atoms with Crippen molar-refractivity contribution in [3.63, 3.8) is 0 Å². The maximum absolute atomic E-state index is 12.6. The summed E-state index contributed by atoms with van der Waals surface area (Å²) in [7, 11) is 0. The van der Waals surface area contributed by atoms with Gasteiger partial charge in [0.1, 0.15) is 0 Å². The molecule has 0 saturated carbocycles. The van der Waals surface area contributed by atoms with Gasteiger partial charge in [-0.25, -0.2) is 0 Å². The molecule has 3 heterocycles. The molecule has 2 aliphatic rings. The highest BCUT2D eigenvalue weighted by atomic mass is 35.5. The molecule has 1 aromatic heterocycles. The number of piperidine rings is 1. The lowest BCUT2D eigenvalue weighted by atomic mass is 9.92. The van der Waals surface area contributed by atoms with E-state index in [1.54, 1.807) is 12.4 Å². The van der Waals surface area contributed by atoms with Gasteiger partial charge in [0.05, 0.1) is 6.42 Å². The van der Waals surface area contributed by atoms with Crippen molar-refractivity contribution in [3.8, 4) is 0 Å². The highest BCUT2D eigenvalue weighted by Gasteiger charge is 2.23. The summed E-state index contributed by atoms with van der Waals surface area (Å²) in [4.78, 5) is 23.9. The topological polar surface area (TPSA) is 39.7 Å². The van der Waals surface area contributed by atoms with E-state index in [-0.39, 0.29) is 18.3 Å². The molecule has 35 heavy (non-hydrogen) atoms. The summed E-state index contributed by atoms with van der Waals surface area (Å²) in [6, 6.07) is 19.3. The normalized spacial score (nSPS) is 17.4. The van der Waals surface area contributed by atoms with E-state index in [9.17, 15) is 4.79 Å². The molecule has 1 amide bonds. The molecule has 0 unspecified atom stereocenters. The number of amides is 1. The van der Waals surface area contributed by atoms with Gasteiger partial charge in [-0.1, -0.05) is 42.5 Å². The summed E-state index contributed by atoms with van der Waals surface area (Å²) in [5, 5.41) is 2.69. The van der Waals surface area contributed by atoms with Crippen molar-refractivity contribution in [2.75, 3.05) is 50.7 Å². The molecule has 2 aliphatic heterocycles. The second kappa shape index (κ2) is 12.4. The van der Waals surface area contributed by atoms with Crippen molar-refractivity contribution in [1.82, 2.24) is 14.8 Å². The number of carbonyl (C=O) groups excluding carboxylic acids is 1. The number of piperazine rings is 1. The van der Waals surface area contributed by atoms with Crippen LogP contribution in [0.1, 0.15) is 31.2 Å². The van der Waals surface area contributed by atoms with Gasteiger partial charge in [-0.15, -0.1) is 12.4 Å². The van der Waals surface area contributed by atoms with Crippen molar-refractivity contribution in [2.45, 2.75) is 32.1 Å². The minimum Gasteiger partial charge on any atom is -0.368 e. The van der Waals surface area contributed by atoms with Gasteiger partial charge in [0.2, 0.25) is 5.91 Å². The van der Waals surface area contributed by atoms with Crippen molar-refractivity contribution < 1.29 is 4.79 Å². The summed E-state index contributed by atoms with van der Waals surface area (Å²) in [5.74, 6) is 1.01. The number of aromatic nitrogens is 1. The van der Waals surface area contributed by atoms with Gasteiger partial charge in [0, 0.05) is 62.7 Å². The van der Waals surface area contributed by atoms with E-state index in [0.29, 0.717) is 6.42 Å². The maximum Gasteiger partial charge on any atom is 0.227 e. The van der Waals surface area contributed by atoms with Gasteiger partial charge in [-0.2, -0.15) is 0 Å². The van der Waals surface area contributed by atoms with Crippen molar-refractivity contribution in [3.05, 3.63) is 72.6 Å². The lowest BCUT2D eigenvalue weighted by Crippen LogP contribution is -2.46. The van der Waals surface area contributed by atoms with E-state index < -0.39 is 0 Å². The predicted molar refractivity (Wildman–Crippen MR) is 146 cm³/mol. The summed E-state index contributed by atoms with van der Waals surface area (Å²) in [5.41, 5.74) is 2.39. The van der Waals surface area contributed by atoms with E-state index in [1.807, 2.05) is 12.1 Å². The molecule has 0 bridgehead atoms. The Labute approximate surface area is 215 Å². The first kappa shape index (κ1) is 25.5. The molecule has 5 rings (SSSR count). The van der Waals surface area contributed by atoms with Gasteiger partial charge in [-0.3, -0.25) is 14.7 Å². The lowest BCUT2D eigenvalue weighted by molar-refractivity contribution is -0.131. The Morgan fingerprint density at radius 3 is 2.43 bits per heavy atom. The monoisotopic (exact) mass is 492 g/mol. The molecule has 5 nitrogen and oxygen atoms in total. The van der Waals surface area contributed by atoms with Gasteiger partial charge >= 0.3 is 0 Å². The van der Waals surface area contributed by atoms with Crippen molar-refractivity contribution in [1.29, 1.82) is 0 Å². The van der Waals surface area contributed by atoms with Crippen LogP contribution in [-0.4, -0.2) is 66.5 Å². The largest absolute Gasteiger partial charge is 0.368 e. The molecule has 2 fully saturated rings. The highest BCUT2D eigenvalue weighted by Crippen LogP contribution is 2.28. The summed E-state index contributed by atoms with van der Waals surface area (Å²) >= 11 is 0. The average molecular weight is 493 g/mol. The molecule has 0 N–H and O–H groups in total. The first-order valence-electron chi connectivity index (χ1n) is 12.9. The van der Waals surface area contributed by atoms with Crippen LogP contribution in [0.5, 0.6) is 0 Å². The molecular weight excluding hydrogens is 456 g/mol. The Morgan fingerprint density at radius 1 is 0.886 bits per heavy atom. The molecule has 186 valence electrons. The lowest BCUT2D eigenvalue weighted by Gasteiger charge is -2.37. The van der Waals surface area contributed by atoms with Crippen LogP contribution in [0.15, 0.2) is 67.0 Å². The van der Waals surface area contributed by atoms with E-state index in [1.165, 1.54) is 35.8 Å². The number of nitrogens with zero attached hydrogens (tertiary/aromatic N) is 4. The number of fused-ring (bicyclic) bond motifs is 1. The first-order chi connectivity index (χ1) is 16.8. The summed E-state index contributed by atoms with van der Waals surface area (Å²) in [6.45, 7) is 7.51. The van der Waals surface area contributed by atoms with Crippen molar-refractivity contribution in [2.24, 2.45) is 5.92 Å². The number of hydrogen-bond donors (Lipinski definition) is 0. The number of hydrogen-bond acceptors (Lipinski definition) is 4. The number of carbonyl (C=O) groups is 1. The van der Waals surface area contributed by atoms with Crippen LogP contribution in [0, 0.1) is 5.92 Å². The van der Waals surface area contributed by atoms with Crippen LogP contribution in [0.3, 0.4) is 0 Å². The number of halogens is 1. The quantitative estimate of drug-likeness (QED) is 0.463. The first-order valence-corrected chi connectivity index (χ1v) is 12.9. The number of anilines is 1. The molecule has 0 aliphatic carbocycles. The predicted octanol–water partition coefficient (Wildman–Crippen LogP) is 5.04. The van der Waals surface area contributed by atoms with E-state index in [0.717, 1.165) is 63.6 Å². The third-order valence-electron chi connectivity index (χ3n) is 7.61. The minimum atomic E-state index is 0. The molecular formula is C29H37ClN4O. The highest BCUT2D eigenvalue weighted by molar-refractivity contribution is 5.94. The molecule has 3 aromatic rings. The molecule has 0 radical (unpaired) electrons. The fourth-order valence-corrected chi connectivity index (χ4v) is 5.56. The van der Waals surface area contributed by atoms with Gasteiger partial charge in [0.15, 0.2) is 0 Å². The Morgan fingerprint density at radius 2 is 1.66 bits per heavy atom. The molecule has 2 saturated heterocycles. The SMILES string of the molecule is Cl.O=C(Cc1cccnc1)N1CCC(CCCN2CCN(c3cccc4ccccc34)CC2)CC1. The third-order valence-corrected chi connectivity index (χ3v) is 7.61. The van der Waals surface area contributed by atoms with Crippen molar-refractivity contribution >= 4 is 34.8 Å². The smallest absolute Gasteiger partial charge is 0.227 e. The van der Waals surface area contributed by atoms with E-state index in [2.05, 4.69) is 62.1 Å². The third kappa shape index (κ3) is 6.53. The Balaban J connectivity index is 0.00000289. The molecule has 6 heteroatoms. The van der Waals surface area contributed by atoms with E-state index >= 15 is 0 Å². The average Bonchev–Trinajstić information content (AvgIpc) is 2.90. The Bertz CT molecular complexity index is 1070. The van der Waals surface area contributed by atoms with Crippen LogP contribution in [-0.2, 0) is 11.2 Å². The van der Waals surface area contributed by atoms with Gasteiger partial charge < -0.3 is 9.80 Å². The molecule has 2 aromatic carbocycles. The van der Waals surface area contributed by atoms with Gasteiger partial charge in [0.25, 0.3) is 0 Å². The summed E-state index contributed by atoms with van der Waals surface area (Å²) < 4.78 is 0. The fourth-order valence-electron chi connectivity index (χ4n) is 5.56. The summed E-state index contributed by atoms with van der Waals surface area (Å²) in [6.07, 6.45) is 8.87. The maximum atomic E-state index is 12.6. The van der Waals surface area contributed by atoms with Crippen LogP contribution in [0.4, 0.5) is 5.69 Å². The number of benzene rings is 2. The van der Waals surface area contributed by atoms with Crippen LogP contribution in [0.2, 0.25) is 0 Å². The van der Waals surface area contributed by atoms with Crippen LogP contribution >= 0.6 is 12.4 Å². The second-order valence-corrected chi connectivity index (χ2v) is 9.83. The number of pyridine rings is 1. The van der Waals surface area contributed by atoms with Crippen LogP contribution < -0.4 is 4.90 Å². The standard InChI is InChI=1S/C29H36N4O.ClH/c34-29(22-25-6-4-14-30-23-25)33-16-12-24(13-17-33)7-5-15-31-18-20-32(21-19-31)28-11-3-9-26-8-1-2-10-27(26)28;/h1-4,6,8-11,14,23-24H,5,7,12-13,15-22H2;1H. The van der Waals surface area contributed by atoms with E-state index in [4.69, 9.17) is 0 Å². The fraction of sp³-hybridized carbons (Fsp3) is 0.448. The second-order valence-electron chi connectivity index (χ2n) is 9.83. The minimum absolute atomic E-state index is 0. The zero-order valence-corrected chi connectivity index (χ0v) is 21.3. The Hall–Kier alpha value is -2.63. The van der Waals surface area contributed by atoms with Gasteiger partial charge in [-0.05, 0) is 61.2 Å². The molecule has 0 spiro atoms. The number of rotatable bonds is 7. The number of likely N-dealkylation sites (tertiary alicyclic amines) is 1. The zero-order valence-electron chi connectivity index (χ0n) is 20.5. The zero-order chi connectivity index (χ0) is 23.2.